The lowest BCUT2D eigenvalue weighted by molar-refractivity contribution is -0.139. The SMILES string of the molecule is O=C(O)C(CCN(CCCCc1ccc2c(n1)NCCC2)C1CC(F)(F)C1)Nc1cc(-c2ccccc2)ncn1. The largest absolute Gasteiger partial charge is 0.480 e. The average Bonchev–Trinajstić information content (AvgIpc) is 2.95. The van der Waals surface area contributed by atoms with Crippen molar-refractivity contribution in [3.8, 4) is 11.3 Å². The van der Waals surface area contributed by atoms with Gasteiger partial charge in [0.05, 0.1) is 5.69 Å². The maximum atomic E-state index is 13.7. The van der Waals surface area contributed by atoms with Gasteiger partial charge in [-0.1, -0.05) is 36.4 Å². The van der Waals surface area contributed by atoms with Gasteiger partial charge in [0, 0.05) is 49.3 Å². The number of pyridine rings is 1. The molecule has 1 aliphatic carbocycles. The van der Waals surface area contributed by atoms with Crippen LogP contribution in [0.25, 0.3) is 11.3 Å². The number of carboxylic acid groups (broad SMARTS) is 1. The van der Waals surface area contributed by atoms with Gasteiger partial charge in [0.2, 0.25) is 0 Å². The molecule has 0 radical (unpaired) electrons. The molecule has 3 aromatic rings. The first-order valence-corrected chi connectivity index (χ1v) is 14.1. The second kappa shape index (κ2) is 12.7. The Morgan fingerprint density at radius 2 is 1.95 bits per heavy atom. The van der Waals surface area contributed by atoms with Crippen molar-refractivity contribution in [2.24, 2.45) is 0 Å². The minimum atomic E-state index is -2.64. The molecule has 2 aliphatic rings. The fourth-order valence-electron chi connectivity index (χ4n) is 5.43. The zero-order chi connectivity index (χ0) is 28.0. The molecule has 212 valence electrons. The number of aliphatic carboxylic acids is 1. The monoisotopic (exact) mass is 550 g/mol. The third kappa shape index (κ3) is 7.29. The predicted octanol–water partition coefficient (Wildman–Crippen LogP) is 5.27. The van der Waals surface area contributed by atoms with Crippen molar-refractivity contribution in [2.75, 3.05) is 30.3 Å². The third-order valence-corrected chi connectivity index (χ3v) is 7.73. The summed E-state index contributed by atoms with van der Waals surface area (Å²) in [4.78, 5) is 27.4. The van der Waals surface area contributed by atoms with E-state index in [1.165, 1.54) is 11.9 Å². The van der Waals surface area contributed by atoms with Gasteiger partial charge in [-0.15, -0.1) is 0 Å². The Hall–Kier alpha value is -3.66. The van der Waals surface area contributed by atoms with Crippen LogP contribution in [0, 0.1) is 0 Å². The number of carbonyl (C=O) groups is 1. The second-order valence-electron chi connectivity index (χ2n) is 10.7. The van der Waals surface area contributed by atoms with Gasteiger partial charge >= 0.3 is 5.97 Å². The second-order valence-corrected chi connectivity index (χ2v) is 10.7. The van der Waals surface area contributed by atoms with Crippen LogP contribution in [0.2, 0.25) is 0 Å². The molecule has 1 fully saturated rings. The molecule has 1 atom stereocenters. The van der Waals surface area contributed by atoms with E-state index in [2.05, 4.69) is 32.7 Å². The van der Waals surface area contributed by atoms with E-state index in [-0.39, 0.29) is 25.3 Å². The lowest BCUT2D eigenvalue weighted by Gasteiger charge is -2.43. The van der Waals surface area contributed by atoms with E-state index in [0.717, 1.165) is 55.7 Å². The molecule has 0 amide bonds. The molecule has 10 heteroatoms. The third-order valence-electron chi connectivity index (χ3n) is 7.73. The first-order chi connectivity index (χ1) is 19.4. The van der Waals surface area contributed by atoms with Gasteiger partial charge < -0.3 is 15.7 Å². The number of nitrogens with zero attached hydrogens (tertiary/aromatic N) is 4. The van der Waals surface area contributed by atoms with Crippen LogP contribution in [0.15, 0.2) is 54.9 Å². The van der Waals surface area contributed by atoms with Gasteiger partial charge in [-0.2, -0.15) is 0 Å². The van der Waals surface area contributed by atoms with E-state index < -0.39 is 17.9 Å². The van der Waals surface area contributed by atoms with Crippen LogP contribution in [-0.2, 0) is 17.6 Å². The Morgan fingerprint density at radius 1 is 1.12 bits per heavy atom. The van der Waals surface area contributed by atoms with Gasteiger partial charge in [0.15, 0.2) is 0 Å². The van der Waals surface area contributed by atoms with Crippen molar-refractivity contribution >= 4 is 17.6 Å². The number of hydrogen-bond acceptors (Lipinski definition) is 7. The number of alkyl halides is 2. The molecule has 3 heterocycles. The van der Waals surface area contributed by atoms with Crippen molar-refractivity contribution in [2.45, 2.75) is 69.4 Å². The highest BCUT2D eigenvalue weighted by Gasteiger charge is 2.47. The highest BCUT2D eigenvalue weighted by molar-refractivity contribution is 5.77. The Morgan fingerprint density at radius 3 is 2.73 bits per heavy atom. The van der Waals surface area contributed by atoms with Crippen LogP contribution in [0.4, 0.5) is 20.4 Å². The van der Waals surface area contributed by atoms with Crippen LogP contribution in [0.5, 0.6) is 0 Å². The molecule has 0 spiro atoms. The van der Waals surface area contributed by atoms with E-state index in [1.807, 2.05) is 35.2 Å². The number of aryl methyl sites for hydroxylation is 2. The highest BCUT2D eigenvalue weighted by atomic mass is 19.3. The smallest absolute Gasteiger partial charge is 0.326 e. The lowest BCUT2D eigenvalue weighted by atomic mass is 9.86. The summed E-state index contributed by atoms with van der Waals surface area (Å²) in [7, 11) is 0. The maximum Gasteiger partial charge on any atom is 0.326 e. The summed E-state index contributed by atoms with van der Waals surface area (Å²) in [5.41, 5.74) is 3.88. The molecule has 1 aliphatic heterocycles. The van der Waals surface area contributed by atoms with Gasteiger partial charge in [0.25, 0.3) is 5.92 Å². The number of anilines is 2. The normalized spacial score (nSPS) is 17.0. The quantitative estimate of drug-likeness (QED) is 0.247. The fraction of sp³-hybridized carbons (Fsp3) is 0.467. The zero-order valence-corrected chi connectivity index (χ0v) is 22.5. The summed E-state index contributed by atoms with van der Waals surface area (Å²) < 4.78 is 27.5. The molecule has 0 saturated heterocycles. The first kappa shape index (κ1) is 27.9. The summed E-state index contributed by atoms with van der Waals surface area (Å²) in [5.74, 6) is -2.25. The van der Waals surface area contributed by atoms with E-state index in [9.17, 15) is 18.7 Å². The first-order valence-electron chi connectivity index (χ1n) is 14.1. The molecule has 3 N–H and O–H groups in total. The van der Waals surface area contributed by atoms with Crippen LogP contribution in [0.1, 0.15) is 49.8 Å². The lowest BCUT2D eigenvalue weighted by Crippen LogP contribution is -2.52. The molecular formula is C30H36F2N6O2. The molecule has 1 aromatic carbocycles. The van der Waals surface area contributed by atoms with E-state index in [0.29, 0.717) is 24.6 Å². The van der Waals surface area contributed by atoms with Crippen molar-refractivity contribution in [3.05, 3.63) is 66.1 Å². The van der Waals surface area contributed by atoms with E-state index in [4.69, 9.17) is 4.98 Å². The maximum absolute atomic E-state index is 13.7. The van der Waals surface area contributed by atoms with Gasteiger partial charge in [0.1, 0.15) is 24.0 Å². The number of unbranched alkanes of at least 4 members (excludes halogenated alkanes) is 1. The van der Waals surface area contributed by atoms with Crippen molar-refractivity contribution in [1.82, 2.24) is 19.9 Å². The standard InChI is InChI=1S/C30H36F2N6O2/c31-30(32)18-24(19-30)38(15-5-4-10-23-12-11-22-9-6-14-33-28(22)36-23)16-13-25(29(39)40)37-27-17-26(34-20-35-27)21-7-2-1-3-8-21/h1-3,7-8,11-12,17,20,24-25H,4-6,9-10,13-16,18-19H2,(H,33,36)(H,39,40)(H,34,35,37). The van der Waals surface area contributed by atoms with E-state index in [1.54, 1.807) is 6.07 Å². The summed E-state index contributed by atoms with van der Waals surface area (Å²) in [5, 5.41) is 16.3. The predicted molar refractivity (Wildman–Crippen MR) is 151 cm³/mol. The van der Waals surface area contributed by atoms with E-state index >= 15 is 0 Å². The summed E-state index contributed by atoms with van der Waals surface area (Å²) >= 11 is 0. The van der Waals surface area contributed by atoms with Gasteiger partial charge in [-0.25, -0.2) is 28.5 Å². The Kier molecular flexibility index (Phi) is 8.84. The Labute approximate surface area is 233 Å². The minimum absolute atomic E-state index is 0.178. The van der Waals surface area contributed by atoms with Crippen LogP contribution >= 0.6 is 0 Å². The van der Waals surface area contributed by atoms with Crippen molar-refractivity contribution in [1.29, 1.82) is 0 Å². The number of benzene rings is 1. The number of nitrogens with one attached hydrogen (secondary N) is 2. The molecule has 0 bridgehead atoms. The highest BCUT2D eigenvalue weighted by Crippen LogP contribution is 2.40. The van der Waals surface area contributed by atoms with Crippen LogP contribution in [0.3, 0.4) is 0 Å². The zero-order valence-electron chi connectivity index (χ0n) is 22.5. The number of carboxylic acids is 1. The Balaban J connectivity index is 1.16. The van der Waals surface area contributed by atoms with Crippen LogP contribution in [-0.4, -0.2) is 68.6 Å². The summed E-state index contributed by atoms with van der Waals surface area (Å²) in [6, 6.07) is 14.4. The van der Waals surface area contributed by atoms with Gasteiger partial charge in [-0.3, -0.25) is 4.90 Å². The summed E-state index contributed by atoms with van der Waals surface area (Å²) in [6.07, 6.45) is 6.01. The fourth-order valence-corrected chi connectivity index (χ4v) is 5.43. The number of aromatic nitrogens is 3. The van der Waals surface area contributed by atoms with Gasteiger partial charge in [-0.05, 0) is 56.7 Å². The molecule has 8 nitrogen and oxygen atoms in total. The van der Waals surface area contributed by atoms with Crippen molar-refractivity contribution in [3.63, 3.8) is 0 Å². The number of hydrogen-bond donors (Lipinski definition) is 3. The Bertz CT molecular complexity index is 1280. The molecule has 2 aromatic heterocycles. The van der Waals surface area contributed by atoms with Crippen LogP contribution < -0.4 is 10.6 Å². The molecule has 40 heavy (non-hydrogen) atoms. The van der Waals surface area contributed by atoms with Crippen molar-refractivity contribution < 1.29 is 18.7 Å². The number of halogens is 2. The molecule has 1 saturated carbocycles. The summed E-state index contributed by atoms with van der Waals surface area (Å²) in [6.45, 7) is 1.99. The molecular weight excluding hydrogens is 514 g/mol. The molecule has 1 unspecified atom stereocenters. The topological polar surface area (TPSA) is 103 Å². The number of fused-ring (bicyclic) bond motifs is 1. The number of rotatable bonds is 13. The molecule has 5 rings (SSSR count). The average molecular weight is 551 g/mol. The minimum Gasteiger partial charge on any atom is -0.480 e.